The SMILES string of the molecule is COc1cc(O)c(C2C3=CCC4C(=O)N(c5ccc(C(=O)c6ccccc6)cc5)C(=O)C4C3CC3C(=O)C(c4ccccc4)=CC(=O)C32c2ccccc2)c(OC)c1. The Morgan fingerprint density at radius 3 is 2.03 bits per heavy atom. The van der Waals surface area contributed by atoms with Crippen molar-refractivity contribution in [2.45, 2.75) is 24.2 Å². The van der Waals surface area contributed by atoms with Crippen LogP contribution < -0.4 is 14.4 Å². The second-order valence-electron chi connectivity index (χ2n) is 15.3. The molecule has 9 nitrogen and oxygen atoms in total. The maximum Gasteiger partial charge on any atom is 0.238 e. The van der Waals surface area contributed by atoms with Gasteiger partial charge in [-0.2, -0.15) is 0 Å². The van der Waals surface area contributed by atoms with E-state index in [-0.39, 0.29) is 58.7 Å². The molecule has 1 aliphatic heterocycles. The highest BCUT2D eigenvalue weighted by molar-refractivity contribution is 6.32. The summed E-state index contributed by atoms with van der Waals surface area (Å²) < 4.78 is 11.4. The summed E-state index contributed by atoms with van der Waals surface area (Å²) in [5.74, 6) is -5.41. The fourth-order valence-corrected chi connectivity index (χ4v) is 10.1. The quantitative estimate of drug-likeness (QED) is 0.0969. The van der Waals surface area contributed by atoms with Crippen LogP contribution in [-0.4, -0.2) is 48.5 Å². The topological polar surface area (TPSA) is 127 Å². The molecule has 288 valence electrons. The molecule has 2 amide bonds. The first-order valence-electron chi connectivity index (χ1n) is 19.3. The van der Waals surface area contributed by atoms with Gasteiger partial charge < -0.3 is 14.6 Å². The van der Waals surface area contributed by atoms with Crippen LogP contribution in [0.2, 0.25) is 0 Å². The third kappa shape index (κ3) is 5.48. The van der Waals surface area contributed by atoms with E-state index in [1.165, 1.54) is 31.3 Å². The van der Waals surface area contributed by atoms with Crippen LogP contribution in [0, 0.1) is 23.7 Å². The van der Waals surface area contributed by atoms with Crippen molar-refractivity contribution >= 4 is 40.4 Å². The number of hydrogen-bond donors (Lipinski definition) is 1. The third-order valence-corrected chi connectivity index (χ3v) is 12.6. The Bertz CT molecular complexity index is 2560. The van der Waals surface area contributed by atoms with Crippen molar-refractivity contribution in [1.82, 2.24) is 0 Å². The Morgan fingerprint density at radius 1 is 0.741 bits per heavy atom. The van der Waals surface area contributed by atoms with E-state index in [1.54, 1.807) is 66.7 Å². The summed E-state index contributed by atoms with van der Waals surface area (Å²) in [4.78, 5) is 74.2. The molecule has 6 unspecified atom stereocenters. The maximum absolute atomic E-state index is 15.4. The molecule has 5 aromatic rings. The zero-order chi connectivity index (χ0) is 40.3. The van der Waals surface area contributed by atoms with Crippen LogP contribution in [0.5, 0.6) is 17.2 Å². The Morgan fingerprint density at radius 2 is 1.38 bits per heavy atom. The van der Waals surface area contributed by atoms with Gasteiger partial charge in [0.25, 0.3) is 0 Å². The van der Waals surface area contributed by atoms with Crippen molar-refractivity contribution in [2.24, 2.45) is 23.7 Å². The summed E-state index contributed by atoms with van der Waals surface area (Å²) in [6.07, 6.45) is 3.67. The number of carbonyl (C=O) groups is 5. The van der Waals surface area contributed by atoms with Crippen LogP contribution in [0.25, 0.3) is 5.57 Å². The number of imide groups is 1. The standard InChI is InChI=1S/C49H39NO8/c1-57-33-24-39(51)43(40(25-33)58-2)44-34-22-23-35-42(48(56)50(47(35)55)32-20-18-30(19-21-32)45(53)29-14-8-4-9-15-29)37(34)26-38-46(54)36(28-12-6-3-7-13-28)27-41(52)49(38,44)31-16-10-5-11-17-31/h3-22,24-25,27,35,37-38,42,44,51H,23,26H2,1-2H3. The molecule has 0 aromatic heterocycles. The predicted octanol–water partition coefficient (Wildman–Crippen LogP) is 7.67. The number of allylic oxidation sites excluding steroid dienone is 4. The Kier molecular flexibility index (Phi) is 9.03. The number of carbonyl (C=O) groups excluding carboxylic acids is 5. The van der Waals surface area contributed by atoms with Crippen LogP contribution in [-0.2, 0) is 24.6 Å². The molecule has 4 aliphatic rings. The number of amides is 2. The minimum Gasteiger partial charge on any atom is -0.507 e. The first-order valence-corrected chi connectivity index (χ1v) is 19.3. The van der Waals surface area contributed by atoms with Gasteiger partial charge in [-0.25, -0.2) is 0 Å². The minimum absolute atomic E-state index is 0.101. The second kappa shape index (κ2) is 14.3. The highest BCUT2D eigenvalue weighted by Crippen LogP contribution is 2.65. The van der Waals surface area contributed by atoms with Gasteiger partial charge in [-0.1, -0.05) is 103 Å². The number of phenols is 1. The van der Waals surface area contributed by atoms with E-state index in [4.69, 9.17) is 9.47 Å². The van der Waals surface area contributed by atoms with Gasteiger partial charge in [0.05, 0.1) is 37.2 Å². The van der Waals surface area contributed by atoms with Gasteiger partial charge in [0.15, 0.2) is 17.3 Å². The van der Waals surface area contributed by atoms with Gasteiger partial charge in [-0.15, -0.1) is 0 Å². The van der Waals surface area contributed by atoms with Crippen LogP contribution >= 0.6 is 0 Å². The molecule has 2 fully saturated rings. The Balaban J connectivity index is 1.21. The van der Waals surface area contributed by atoms with Crippen molar-refractivity contribution in [1.29, 1.82) is 0 Å². The van der Waals surface area contributed by atoms with E-state index >= 15 is 9.59 Å². The van der Waals surface area contributed by atoms with E-state index in [2.05, 4.69) is 0 Å². The number of nitrogens with zero attached hydrogens (tertiary/aromatic N) is 1. The van der Waals surface area contributed by atoms with Crippen LogP contribution in [0.15, 0.2) is 145 Å². The molecule has 1 N–H and O–H groups in total. The van der Waals surface area contributed by atoms with Crippen molar-refractivity contribution < 1.29 is 38.6 Å². The van der Waals surface area contributed by atoms with Gasteiger partial charge in [0.1, 0.15) is 17.2 Å². The number of Topliss-reactive ketones (excluding diaryl/α,β-unsaturated/α-hetero) is 1. The summed E-state index contributed by atoms with van der Waals surface area (Å²) in [6.45, 7) is 0. The van der Waals surface area contributed by atoms with Gasteiger partial charge in [0.2, 0.25) is 11.8 Å². The van der Waals surface area contributed by atoms with Crippen molar-refractivity contribution in [2.75, 3.05) is 19.1 Å². The van der Waals surface area contributed by atoms with Crippen LogP contribution in [0.4, 0.5) is 5.69 Å². The molecular weight excluding hydrogens is 731 g/mol. The first kappa shape index (κ1) is 36.7. The molecule has 0 radical (unpaired) electrons. The lowest BCUT2D eigenvalue weighted by Crippen LogP contribution is -2.58. The van der Waals surface area contributed by atoms with Crippen molar-refractivity contribution in [3.8, 4) is 17.2 Å². The predicted molar refractivity (Wildman–Crippen MR) is 217 cm³/mol. The zero-order valence-electron chi connectivity index (χ0n) is 31.8. The van der Waals surface area contributed by atoms with Gasteiger partial charge in [-0.3, -0.25) is 28.9 Å². The number of ether oxygens (including phenoxy) is 2. The van der Waals surface area contributed by atoms with Crippen molar-refractivity contribution in [3.63, 3.8) is 0 Å². The summed E-state index contributed by atoms with van der Waals surface area (Å²) in [5, 5.41) is 12.0. The fourth-order valence-electron chi connectivity index (χ4n) is 10.1. The normalized spacial score (nSPS) is 24.9. The molecule has 9 rings (SSSR count). The lowest BCUT2D eigenvalue weighted by Gasteiger charge is -2.55. The number of fused-ring (bicyclic) bond motifs is 4. The lowest BCUT2D eigenvalue weighted by atomic mass is 9.44. The average molecular weight is 770 g/mol. The number of hydrogen-bond acceptors (Lipinski definition) is 8. The highest BCUT2D eigenvalue weighted by atomic mass is 16.5. The smallest absolute Gasteiger partial charge is 0.238 e. The van der Waals surface area contributed by atoms with Crippen LogP contribution in [0.1, 0.15) is 51.4 Å². The summed E-state index contributed by atoms with van der Waals surface area (Å²) in [6, 6.07) is 36.6. The largest absolute Gasteiger partial charge is 0.507 e. The van der Waals surface area contributed by atoms with Gasteiger partial charge in [0, 0.05) is 46.2 Å². The molecule has 1 saturated heterocycles. The number of aromatic hydroxyl groups is 1. The number of benzene rings is 5. The molecule has 5 aromatic carbocycles. The molecule has 1 saturated carbocycles. The maximum atomic E-state index is 15.4. The highest BCUT2D eigenvalue weighted by Gasteiger charge is 2.66. The molecule has 6 atom stereocenters. The van der Waals surface area contributed by atoms with Gasteiger partial charge >= 0.3 is 0 Å². The number of phenolic OH excluding ortho intramolecular Hbond substituents is 1. The van der Waals surface area contributed by atoms with Crippen molar-refractivity contribution in [3.05, 3.63) is 173 Å². The monoisotopic (exact) mass is 769 g/mol. The molecule has 3 aliphatic carbocycles. The molecule has 0 bridgehead atoms. The average Bonchev–Trinajstić information content (AvgIpc) is 3.53. The number of rotatable bonds is 8. The molecule has 1 heterocycles. The summed E-state index contributed by atoms with van der Waals surface area (Å²) in [5.41, 5.74) is 2.15. The number of methoxy groups -OCH3 is 2. The van der Waals surface area contributed by atoms with E-state index in [0.717, 1.165) is 0 Å². The fraction of sp³-hybridized carbons (Fsp3) is 0.204. The summed E-state index contributed by atoms with van der Waals surface area (Å²) >= 11 is 0. The second-order valence-corrected chi connectivity index (χ2v) is 15.3. The zero-order valence-corrected chi connectivity index (χ0v) is 31.8. The van der Waals surface area contributed by atoms with E-state index in [0.29, 0.717) is 39.3 Å². The molecule has 58 heavy (non-hydrogen) atoms. The lowest BCUT2D eigenvalue weighted by molar-refractivity contribution is -0.135. The van der Waals surface area contributed by atoms with E-state index in [9.17, 15) is 19.5 Å². The Labute approximate surface area is 335 Å². The molecule has 0 spiro atoms. The van der Waals surface area contributed by atoms with Crippen LogP contribution in [0.3, 0.4) is 0 Å². The molecule has 9 heteroatoms. The van der Waals surface area contributed by atoms with Gasteiger partial charge in [-0.05, 0) is 60.2 Å². The first-order chi connectivity index (χ1) is 28.2. The van der Waals surface area contributed by atoms with E-state index < -0.39 is 40.9 Å². The summed E-state index contributed by atoms with van der Waals surface area (Å²) in [7, 11) is 2.94. The number of anilines is 1. The molecular formula is C49H39NO8. The van der Waals surface area contributed by atoms with E-state index in [1.807, 2.05) is 60.7 Å². The number of ketones is 3. The Hall–Kier alpha value is -6.87. The third-order valence-electron chi connectivity index (χ3n) is 12.6. The minimum atomic E-state index is -1.56.